The van der Waals surface area contributed by atoms with Gasteiger partial charge in [-0.3, -0.25) is 24.4 Å². The molecule has 0 aliphatic rings. The van der Waals surface area contributed by atoms with Crippen LogP contribution >= 0.6 is 0 Å². The largest absolute Gasteiger partial charge is 0.305 e. The molecule has 15 heteroatoms. The number of sulfonamides is 1. The van der Waals surface area contributed by atoms with Gasteiger partial charge in [0, 0.05) is 6.07 Å². The van der Waals surface area contributed by atoms with Gasteiger partial charge in [0.05, 0.1) is 21.7 Å². The fraction of sp³-hybridized carbons (Fsp3) is 0.0909. The van der Waals surface area contributed by atoms with E-state index in [2.05, 4.69) is 0 Å². The van der Waals surface area contributed by atoms with Crippen LogP contribution in [0.3, 0.4) is 0 Å². The summed E-state index contributed by atoms with van der Waals surface area (Å²) in [6.07, 6.45) is 0. The molecule has 3 aromatic carbocycles. The number of carbonyl (C=O) groups is 2. The summed E-state index contributed by atoms with van der Waals surface area (Å²) in [4.78, 5) is 30.1. The summed E-state index contributed by atoms with van der Waals surface area (Å²) in [7, 11) is -4.68. The molecule has 0 amide bonds. The highest BCUT2D eigenvalue weighted by Gasteiger charge is 2.25. The van der Waals surface area contributed by atoms with Crippen LogP contribution in [0.25, 0.3) is 0 Å². The van der Waals surface area contributed by atoms with E-state index in [0.717, 1.165) is 19.9 Å². The number of ketones is 2. The van der Waals surface area contributed by atoms with Crippen LogP contribution in [-0.2, 0) is 10.0 Å². The maximum Gasteiger partial charge on any atom is 0.305 e. The van der Waals surface area contributed by atoms with Crippen LogP contribution in [0, 0.1) is 45.0 Å². The van der Waals surface area contributed by atoms with Crippen LogP contribution in [0.5, 0.6) is 0 Å². The van der Waals surface area contributed by atoms with Crippen molar-refractivity contribution in [3.8, 4) is 0 Å². The Morgan fingerprint density at radius 3 is 1.78 bits per heavy atom. The molecule has 0 saturated heterocycles. The topological polar surface area (TPSA) is 123 Å². The van der Waals surface area contributed by atoms with Gasteiger partial charge in [0.2, 0.25) is 5.82 Å². The van der Waals surface area contributed by atoms with Crippen molar-refractivity contribution >= 4 is 33.0 Å². The van der Waals surface area contributed by atoms with Crippen LogP contribution in [0.15, 0.2) is 47.4 Å². The highest BCUT2D eigenvalue weighted by molar-refractivity contribution is 7.92. The second-order valence-corrected chi connectivity index (χ2v) is 8.74. The Kier molecular flexibility index (Phi) is 8.77. The van der Waals surface area contributed by atoms with Gasteiger partial charge in [-0.15, -0.1) is 0 Å². The molecule has 3 aromatic rings. The number of nitro benzene ring substituents is 1. The second kappa shape index (κ2) is 11.2. The third kappa shape index (κ3) is 6.49. The fourth-order valence-electron chi connectivity index (χ4n) is 2.84. The first-order chi connectivity index (χ1) is 17.1. The van der Waals surface area contributed by atoms with Gasteiger partial charge in [0.1, 0.15) is 28.2 Å². The molecule has 0 aromatic heterocycles. The summed E-state index contributed by atoms with van der Waals surface area (Å²) in [6.45, 7) is 1.83. The van der Waals surface area contributed by atoms with Crippen molar-refractivity contribution < 1.29 is 49.3 Å². The van der Waals surface area contributed by atoms with E-state index in [-0.39, 0.29) is 0 Å². The Hall–Kier alpha value is -4.27. The summed E-state index contributed by atoms with van der Waals surface area (Å²) >= 11 is 0. The lowest BCUT2D eigenvalue weighted by molar-refractivity contribution is -0.387. The molecule has 1 N–H and O–H groups in total. The number of benzene rings is 3. The number of rotatable bonds is 6. The van der Waals surface area contributed by atoms with Crippen LogP contribution in [0.1, 0.15) is 34.6 Å². The van der Waals surface area contributed by atoms with Crippen molar-refractivity contribution in [2.24, 2.45) is 0 Å². The molecule has 3 rings (SSSR count). The van der Waals surface area contributed by atoms with Gasteiger partial charge in [-0.25, -0.2) is 30.4 Å². The van der Waals surface area contributed by atoms with E-state index in [9.17, 15) is 54.5 Å². The van der Waals surface area contributed by atoms with Gasteiger partial charge in [-0.05, 0) is 50.2 Å². The average molecular weight is 548 g/mol. The molecule has 0 aliphatic heterocycles. The van der Waals surface area contributed by atoms with Crippen molar-refractivity contribution in [2.75, 3.05) is 4.72 Å². The van der Waals surface area contributed by atoms with Crippen molar-refractivity contribution in [2.45, 2.75) is 18.7 Å². The normalized spacial score (nSPS) is 10.8. The number of carbonyl (C=O) groups excluding carboxylic acids is 2. The molecule has 0 saturated carbocycles. The molecule has 0 fully saturated rings. The first-order valence-corrected chi connectivity index (χ1v) is 11.2. The van der Waals surface area contributed by atoms with Crippen LogP contribution in [-0.4, -0.2) is 24.9 Å². The molecule has 37 heavy (non-hydrogen) atoms. The fourth-order valence-corrected chi connectivity index (χ4v) is 3.99. The molecule has 0 spiro atoms. The summed E-state index contributed by atoms with van der Waals surface area (Å²) in [5.74, 6) is -9.26. The van der Waals surface area contributed by atoms with Crippen molar-refractivity contribution in [1.29, 1.82) is 0 Å². The van der Waals surface area contributed by atoms with Crippen LogP contribution < -0.4 is 4.72 Å². The highest BCUT2D eigenvalue weighted by atomic mass is 32.2. The van der Waals surface area contributed by atoms with Crippen molar-refractivity contribution in [3.63, 3.8) is 0 Å². The summed E-state index contributed by atoms with van der Waals surface area (Å²) in [5, 5.41) is 10.2. The average Bonchev–Trinajstić information content (AvgIpc) is 2.77. The number of Topliss-reactive ketones (excluding diaryl/α,β-unsaturated/α-hetero) is 2. The maximum atomic E-state index is 14.1. The van der Waals surface area contributed by atoms with E-state index in [0.29, 0.717) is 36.4 Å². The van der Waals surface area contributed by atoms with Crippen LogP contribution in [0.4, 0.5) is 37.7 Å². The van der Waals surface area contributed by atoms with E-state index in [1.54, 1.807) is 4.72 Å². The number of halogens is 6. The summed E-state index contributed by atoms with van der Waals surface area (Å²) in [6, 6.07) is 4.48. The zero-order valence-corrected chi connectivity index (χ0v) is 19.4. The zero-order valence-electron chi connectivity index (χ0n) is 18.6. The van der Waals surface area contributed by atoms with Gasteiger partial charge in [-0.2, -0.15) is 4.39 Å². The summed E-state index contributed by atoms with van der Waals surface area (Å²) in [5.41, 5.74) is -3.49. The van der Waals surface area contributed by atoms with Gasteiger partial charge in [0.25, 0.3) is 10.0 Å². The predicted octanol–water partition coefficient (Wildman–Crippen LogP) is 5.32. The number of nitrogens with one attached hydrogen (secondary N) is 1. The lowest BCUT2D eigenvalue weighted by Gasteiger charge is -2.11. The van der Waals surface area contributed by atoms with Crippen molar-refractivity contribution in [3.05, 3.63) is 98.6 Å². The first-order valence-electron chi connectivity index (χ1n) is 9.68. The number of nitro groups is 1. The molecular weight excluding hydrogens is 534 g/mol. The molecule has 8 nitrogen and oxygen atoms in total. The molecule has 0 aliphatic carbocycles. The predicted molar refractivity (Wildman–Crippen MR) is 117 cm³/mol. The Labute approximate surface area is 204 Å². The zero-order chi connectivity index (χ0) is 28.2. The second-order valence-electron chi connectivity index (χ2n) is 7.09. The van der Waals surface area contributed by atoms with Crippen molar-refractivity contribution in [1.82, 2.24) is 0 Å². The first kappa shape index (κ1) is 29.0. The third-order valence-electron chi connectivity index (χ3n) is 4.49. The molecule has 0 unspecified atom stereocenters. The van der Waals surface area contributed by atoms with Gasteiger partial charge < -0.3 is 0 Å². The molecular formula is C22H14F6N2O6S. The monoisotopic (exact) mass is 548 g/mol. The number of anilines is 1. The van der Waals surface area contributed by atoms with E-state index in [1.165, 1.54) is 0 Å². The number of nitrogens with zero attached hydrogens (tertiary/aromatic N) is 1. The quantitative estimate of drug-likeness (QED) is 0.192. The lowest BCUT2D eigenvalue weighted by atomic mass is 10.1. The van der Waals surface area contributed by atoms with Crippen LogP contribution in [0.2, 0.25) is 0 Å². The molecule has 0 atom stereocenters. The molecule has 0 bridgehead atoms. The number of hydrogen-bond acceptors (Lipinski definition) is 6. The van der Waals surface area contributed by atoms with E-state index < -0.39 is 88.8 Å². The van der Waals surface area contributed by atoms with Gasteiger partial charge in [0.15, 0.2) is 17.4 Å². The Morgan fingerprint density at radius 2 is 1.27 bits per heavy atom. The smallest absolute Gasteiger partial charge is 0.294 e. The Bertz CT molecular complexity index is 1530. The van der Waals surface area contributed by atoms with E-state index in [4.69, 9.17) is 0 Å². The standard InChI is InChI=1S/C14H9F4NO3S.C8H5F2NO3/c1-7(20)13-10(17)4-5-11(14(13)18)19-23(21,22)12-6-8(15)2-3-9(12)16;1-4(12)7-5(9)2-3-6(8(7)10)11(13)14/h2-6,19H,1H3;2-3H,1H3. The Balaban J connectivity index is 0.000000294. The molecule has 196 valence electrons. The van der Waals surface area contributed by atoms with Gasteiger partial charge in [-0.1, -0.05) is 0 Å². The minimum absolute atomic E-state index is 0.408. The maximum absolute atomic E-state index is 14.1. The molecule has 0 heterocycles. The third-order valence-corrected chi connectivity index (χ3v) is 5.87. The minimum Gasteiger partial charge on any atom is -0.294 e. The molecule has 0 radical (unpaired) electrons. The summed E-state index contributed by atoms with van der Waals surface area (Å²) < 4.78 is 106. The SMILES string of the molecule is CC(=O)c1c(F)ccc(NS(=O)(=O)c2cc(F)ccc2F)c1F.CC(=O)c1c(F)ccc([N+](=O)[O-])c1F. The van der Waals surface area contributed by atoms with E-state index >= 15 is 0 Å². The lowest BCUT2D eigenvalue weighted by Crippen LogP contribution is -2.17. The van der Waals surface area contributed by atoms with E-state index in [1.807, 2.05) is 0 Å². The highest BCUT2D eigenvalue weighted by Crippen LogP contribution is 2.26. The minimum atomic E-state index is -4.68. The number of hydrogen-bond donors (Lipinski definition) is 1. The Morgan fingerprint density at radius 1 is 0.784 bits per heavy atom. The van der Waals surface area contributed by atoms with Gasteiger partial charge >= 0.3 is 5.69 Å².